The van der Waals surface area contributed by atoms with E-state index in [9.17, 15) is 13.2 Å². The summed E-state index contributed by atoms with van der Waals surface area (Å²) >= 11 is 11.8. The van der Waals surface area contributed by atoms with Gasteiger partial charge in [0.25, 0.3) is 0 Å². The highest BCUT2D eigenvalue weighted by atomic mass is 35.5. The normalized spacial score (nSPS) is 10.8. The molecule has 0 saturated carbocycles. The lowest BCUT2D eigenvalue weighted by molar-refractivity contribution is -0.116. The van der Waals surface area contributed by atoms with Crippen molar-refractivity contribution in [2.75, 3.05) is 13.1 Å². The lowest BCUT2D eigenvalue weighted by Gasteiger charge is -2.09. The largest absolute Gasteiger partial charge is 0.369 e. The van der Waals surface area contributed by atoms with Crippen LogP contribution in [-0.4, -0.2) is 27.4 Å². The summed E-state index contributed by atoms with van der Waals surface area (Å²) in [5.41, 5.74) is 10.5. The molecule has 0 saturated heterocycles. The highest BCUT2D eigenvalue weighted by molar-refractivity contribution is 7.89. The van der Waals surface area contributed by atoms with Crippen molar-refractivity contribution in [1.82, 2.24) is 4.72 Å². The van der Waals surface area contributed by atoms with E-state index >= 15 is 0 Å². The second-order valence-electron chi connectivity index (χ2n) is 3.57. The van der Waals surface area contributed by atoms with Crippen LogP contribution in [0, 0.1) is 11.8 Å². The van der Waals surface area contributed by atoms with Gasteiger partial charge in [0.2, 0.25) is 15.9 Å². The van der Waals surface area contributed by atoms with E-state index in [-0.39, 0.29) is 21.5 Å². The van der Waals surface area contributed by atoms with Crippen LogP contribution >= 0.6 is 23.2 Å². The van der Waals surface area contributed by atoms with E-state index in [1.54, 1.807) is 0 Å². The molecule has 6 nitrogen and oxygen atoms in total. The van der Waals surface area contributed by atoms with E-state index in [4.69, 9.17) is 34.7 Å². The third-order valence-electron chi connectivity index (χ3n) is 2.04. The third kappa shape index (κ3) is 4.37. The number of amides is 1. The lowest BCUT2D eigenvalue weighted by Crippen LogP contribution is -2.33. The molecule has 0 spiro atoms. The number of carbonyl (C=O) groups is 1. The predicted octanol–water partition coefficient (Wildman–Crippen LogP) is 0.0672. The van der Waals surface area contributed by atoms with Gasteiger partial charge in [-0.1, -0.05) is 35.0 Å². The topological polar surface area (TPSA) is 115 Å². The Morgan fingerprint density at radius 1 is 1.30 bits per heavy atom. The average molecular weight is 336 g/mol. The summed E-state index contributed by atoms with van der Waals surface area (Å²) < 4.78 is 25.9. The van der Waals surface area contributed by atoms with Gasteiger partial charge in [0, 0.05) is 5.56 Å². The summed E-state index contributed by atoms with van der Waals surface area (Å²) in [4.78, 5) is 10.3. The molecule has 1 aromatic rings. The number of halogens is 2. The zero-order valence-corrected chi connectivity index (χ0v) is 12.4. The summed E-state index contributed by atoms with van der Waals surface area (Å²) in [5, 5.41) is -0.230. The minimum Gasteiger partial charge on any atom is -0.369 e. The predicted molar refractivity (Wildman–Crippen MR) is 76.8 cm³/mol. The molecular formula is C11H11Cl2N3O3S. The second-order valence-corrected chi connectivity index (χ2v) is 6.08. The van der Waals surface area contributed by atoms with Crippen molar-refractivity contribution in [2.24, 2.45) is 11.5 Å². The van der Waals surface area contributed by atoms with Gasteiger partial charge in [-0.15, -0.1) is 0 Å². The first kappa shape index (κ1) is 16.8. The second kappa shape index (κ2) is 6.92. The molecule has 0 aromatic heterocycles. The minimum absolute atomic E-state index is 0.115. The SMILES string of the molecule is NCC#Cc1cc(Cl)c(S(=O)(=O)NCC(N)=O)c(Cl)c1. The molecule has 0 aliphatic rings. The molecule has 0 radical (unpaired) electrons. The van der Waals surface area contributed by atoms with Gasteiger partial charge in [-0.25, -0.2) is 13.1 Å². The fraction of sp³-hybridized carbons (Fsp3) is 0.182. The molecule has 0 bridgehead atoms. The fourth-order valence-electron chi connectivity index (χ4n) is 1.28. The summed E-state index contributed by atoms with van der Waals surface area (Å²) in [5.74, 6) is 4.45. The third-order valence-corrected chi connectivity index (χ3v) is 4.36. The molecule has 5 N–H and O–H groups in total. The van der Waals surface area contributed by atoms with Crippen LogP contribution < -0.4 is 16.2 Å². The molecule has 9 heteroatoms. The number of rotatable bonds is 4. The molecule has 20 heavy (non-hydrogen) atoms. The first-order valence-corrected chi connectivity index (χ1v) is 7.48. The molecule has 0 fully saturated rings. The molecule has 1 amide bonds. The van der Waals surface area contributed by atoms with E-state index in [0.717, 1.165) is 0 Å². The lowest BCUT2D eigenvalue weighted by atomic mass is 10.2. The monoisotopic (exact) mass is 335 g/mol. The first-order chi connectivity index (χ1) is 9.27. The van der Waals surface area contributed by atoms with Crippen molar-refractivity contribution < 1.29 is 13.2 Å². The highest BCUT2D eigenvalue weighted by Gasteiger charge is 2.22. The van der Waals surface area contributed by atoms with E-state index in [1.165, 1.54) is 12.1 Å². The van der Waals surface area contributed by atoms with Gasteiger partial charge in [0.05, 0.1) is 23.1 Å². The summed E-state index contributed by atoms with van der Waals surface area (Å²) in [6.45, 7) is -0.404. The van der Waals surface area contributed by atoms with Crippen LogP contribution in [-0.2, 0) is 14.8 Å². The van der Waals surface area contributed by atoms with Gasteiger partial charge in [0.1, 0.15) is 4.90 Å². The number of nitrogens with one attached hydrogen (secondary N) is 1. The van der Waals surface area contributed by atoms with Crippen LogP contribution in [0.5, 0.6) is 0 Å². The standard InChI is InChI=1S/C11H11Cl2N3O3S/c12-8-4-7(2-1-3-14)5-9(13)11(8)20(18,19)16-6-10(15)17/h4-5,16H,3,6,14H2,(H2,15,17). The number of hydrogen-bond donors (Lipinski definition) is 3. The van der Waals surface area contributed by atoms with Crippen LogP contribution in [0.3, 0.4) is 0 Å². The Hall–Kier alpha value is -1.30. The van der Waals surface area contributed by atoms with Crippen molar-refractivity contribution >= 4 is 39.1 Å². The van der Waals surface area contributed by atoms with E-state index in [2.05, 4.69) is 11.8 Å². The molecule has 0 atom stereocenters. The number of carbonyl (C=O) groups excluding carboxylic acids is 1. The zero-order valence-electron chi connectivity index (χ0n) is 10.1. The molecule has 108 valence electrons. The van der Waals surface area contributed by atoms with Crippen molar-refractivity contribution in [3.8, 4) is 11.8 Å². The van der Waals surface area contributed by atoms with Crippen LogP contribution in [0.25, 0.3) is 0 Å². The van der Waals surface area contributed by atoms with Gasteiger partial charge in [-0.3, -0.25) is 4.79 Å². The van der Waals surface area contributed by atoms with Crippen molar-refractivity contribution in [1.29, 1.82) is 0 Å². The molecule has 1 aromatic carbocycles. The van der Waals surface area contributed by atoms with Gasteiger partial charge in [-0.2, -0.15) is 0 Å². The van der Waals surface area contributed by atoms with E-state index < -0.39 is 22.5 Å². The zero-order chi connectivity index (χ0) is 15.3. The van der Waals surface area contributed by atoms with Crippen molar-refractivity contribution in [2.45, 2.75) is 4.90 Å². The highest BCUT2D eigenvalue weighted by Crippen LogP contribution is 2.30. The van der Waals surface area contributed by atoms with Crippen LogP contribution in [0.2, 0.25) is 10.0 Å². The van der Waals surface area contributed by atoms with E-state index in [1.807, 2.05) is 4.72 Å². The maximum Gasteiger partial charge on any atom is 0.244 e. The van der Waals surface area contributed by atoms with Gasteiger partial charge < -0.3 is 11.5 Å². The Morgan fingerprint density at radius 3 is 2.30 bits per heavy atom. The van der Waals surface area contributed by atoms with E-state index in [0.29, 0.717) is 5.56 Å². The Kier molecular flexibility index (Phi) is 5.80. The summed E-state index contributed by atoms with van der Waals surface area (Å²) in [6, 6.07) is 2.68. The summed E-state index contributed by atoms with van der Waals surface area (Å²) in [6.07, 6.45) is 0. The quantitative estimate of drug-likeness (QED) is 0.675. The molecule has 0 aliphatic carbocycles. The summed E-state index contributed by atoms with van der Waals surface area (Å²) in [7, 11) is -4.04. The maximum atomic E-state index is 12.0. The molecule has 1 rings (SSSR count). The molecule has 0 heterocycles. The number of primary amides is 1. The van der Waals surface area contributed by atoms with Crippen LogP contribution in [0.15, 0.2) is 17.0 Å². The molecular weight excluding hydrogens is 325 g/mol. The Balaban J connectivity index is 3.23. The smallest absolute Gasteiger partial charge is 0.244 e. The average Bonchev–Trinajstić information content (AvgIpc) is 2.33. The molecule has 0 aliphatic heterocycles. The Labute approximate surface area is 126 Å². The van der Waals surface area contributed by atoms with Crippen LogP contribution in [0.4, 0.5) is 0 Å². The van der Waals surface area contributed by atoms with Crippen molar-refractivity contribution in [3.63, 3.8) is 0 Å². The molecule has 0 unspecified atom stereocenters. The first-order valence-electron chi connectivity index (χ1n) is 5.24. The maximum absolute atomic E-state index is 12.0. The fourth-order valence-corrected chi connectivity index (χ4v) is 3.48. The van der Waals surface area contributed by atoms with Gasteiger partial charge in [-0.05, 0) is 12.1 Å². The Bertz CT molecular complexity index is 670. The van der Waals surface area contributed by atoms with Crippen molar-refractivity contribution in [3.05, 3.63) is 27.7 Å². The number of nitrogens with two attached hydrogens (primary N) is 2. The minimum atomic E-state index is -4.04. The van der Waals surface area contributed by atoms with Gasteiger partial charge in [0.15, 0.2) is 0 Å². The number of benzene rings is 1. The Morgan fingerprint density at radius 2 is 1.85 bits per heavy atom. The van der Waals surface area contributed by atoms with Crippen LogP contribution in [0.1, 0.15) is 5.56 Å². The number of sulfonamides is 1. The van der Waals surface area contributed by atoms with Gasteiger partial charge >= 0.3 is 0 Å². The number of hydrogen-bond acceptors (Lipinski definition) is 4.